The fourth-order valence-electron chi connectivity index (χ4n) is 3.40. The molecular formula is C21H24F3N3OS. The molecule has 2 heterocycles. The van der Waals surface area contributed by atoms with Gasteiger partial charge in [0.05, 0.1) is 17.9 Å². The largest absolute Gasteiger partial charge is 0.493 e. The van der Waals surface area contributed by atoms with Crippen LogP contribution in [0.3, 0.4) is 0 Å². The quantitative estimate of drug-likeness (QED) is 0.542. The molecule has 0 saturated heterocycles. The van der Waals surface area contributed by atoms with Crippen LogP contribution in [-0.4, -0.2) is 22.1 Å². The molecule has 1 aromatic carbocycles. The van der Waals surface area contributed by atoms with Gasteiger partial charge < -0.3 is 10.5 Å². The van der Waals surface area contributed by atoms with Crippen molar-refractivity contribution in [2.75, 3.05) is 6.61 Å². The number of nitrogens with two attached hydrogens (primary N) is 1. The van der Waals surface area contributed by atoms with E-state index in [0.29, 0.717) is 23.5 Å². The fourth-order valence-corrected chi connectivity index (χ4v) is 4.21. The van der Waals surface area contributed by atoms with Gasteiger partial charge in [-0.25, -0.2) is 9.97 Å². The van der Waals surface area contributed by atoms with Crippen LogP contribution in [0.5, 0.6) is 5.75 Å². The molecule has 0 unspecified atom stereocenters. The van der Waals surface area contributed by atoms with Crippen LogP contribution in [0.1, 0.15) is 38.6 Å². The van der Waals surface area contributed by atoms with E-state index in [4.69, 9.17) is 10.5 Å². The molecule has 29 heavy (non-hydrogen) atoms. The van der Waals surface area contributed by atoms with Gasteiger partial charge in [-0.3, -0.25) is 0 Å². The summed E-state index contributed by atoms with van der Waals surface area (Å²) in [6.45, 7) is 7.56. The number of hydrogen-bond donors (Lipinski definition) is 1. The third-order valence-corrected chi connectivity index (χ3v) is 5.20. The molecular weight excluding hydrogens is 399 g/mol. The van der Waals surface area contributed by atoms with Crippen LogP contribution < -0.4 is 10.5 Å². The Hall–Kier alpha value is -2.19. The van der Waals surface area contributed by atoms with Gasteiger partial charge in [0.25, 0.3) is 0 Å². The molecule has 0 saturated carbocycles. The summed E-state index contributed by atoms with van der Waals surface area (Å²) in [6.07, 6.45) is -3.90. The van der Waals surface area contributed by atoms with E-state index in [1.54, 1.807) is 13.0 Å². The Morgan fingerprint density at radius 1 is 1.17 bits per heavy atom. The summed E-state index contributed by atoms with van der Waals surface area (Å²) >= 11 is 1.43. The van der Waals surface area contributed by atoms with E-state index in [-0.39, 0.29) is 18.3 Å². The molecule has 2 aromatic heterocycles. The van der Waals surface area contributed by atoms with Crippen LogP contribution in [0.25, 0.3) is 21.5 Å². The standard InChI is InChI=1S/C21H24F3N3OS/c1-12(10-20(3,4)25)11-28-17-6-5-14(9-16(17)21(22,23)24)18-15-7-8-29-19(15)27-13(2)26-18/h5-9,12H,10-11,25H2,1-4H3/t12-/m0/s1. The first-order chi connectivity index (χ1) is 13.4. The van der Waals surface area contributed by atoms with Gasteiger partial charge >= 0.3 is 6.18 Å². The van der Waals surface area contributed by atoms with Crippen molar-refractivity contribution in [1.82, 2.24) is 9.97 Å². The number of fused-ring (bicyclic) bond motifs is 1. The van der Waals surface area contributed by atoms with Crippen molar-refractivity contribution in [2.24, 2.45) is 11.7 Å². The van der Waals surface area contributed by atoms with Gasteiger partial charge in [0.15, 0.2) is 0 Å². The minimum atomic E-state index is -4.54. The number of aromatic nitrogens is 2. The Labute approximate surface area is 171 Å². The van der Waals surface area contributed by atoms with E-state index >= 15 is 0 Å². The second-order valence-corrected chi connectivity index (χ2v) is 8.97. The van der Waals surface area contributed by atoms with Crippen molar-refractivity contribution >= 4 is 21.6 Å². The number of aryl methyl sites for hydroxylation is 1. The van der Waals surface area contributed by atoms with Crippen LogP contribution in [0.2, 0.25) is 0 Å². The molecule has 2 N–H and O–H groups in total. The van der Waals surface area contributed by atoms with Crippen molar-refractivity contribution in [2.45, 2.75) is 45.8 Å². The molecule has 0 aliphatic heterocycles. The van der Waals surface area contributed by atoms with Crippen molar-refractivity contribution in [3.8, 4) is 17.0 Å². The third-order valence-electron chi connectivity index (χ3n) is 4.39. The topological polar surface area (TPSA) is 61.0 Å². The van der Waals surface area contributed by atoms with Crippen LogP contribution in [0.4, 0.5) is 13.2 Å². The second-order valence-electron chi connectivity index (χ2n) is 8.08. The molecule has 0 radical (unpaired) electrons. The smallest absolute Gasteiger partial charge is 0.419 e. The Kier molecular flexibility index (Phi) is 5.87. The summed E-state index contributed by atoms with van der Waals surface area (Å²) in [5, 5.41) is 2.59. The lowest BCUT2D eigenvalue weighted by molar-refractivity contribution is -0.139. The van der Waals surface area contributed by atoms with Gasteiger partial charge in [-0.1, -0.05) is 6.92 Å². The maximum atomic E-state index is 13.7. The van der Waals surface area contributed by atoms with Gasteiger partial charge in [-0.2, -0.15) is 13.2 Å². The number of benzene rings is 1. The van der Waals surface area contributed by atoms with E-state index in [0.717, 1.165) is 16.3 Å². The molecule has 8 heteroatoms. The van der Waals surface area contributed by atoms with Crippen molar-refractivity contribution in [3.63, 3.8) is 0 Å². The minimum Gasteiger partial charge on any atom is -0.493 e. The van der Waals surface area contributed by atoms with Gasteiger partial charge in [0.2, 0.25) is 0 Å². The van der Waals surface area contributed by atoms with Crippen molar-refractivity contribution in [3.05, 3.63) is 41.0 Å². The first-order valence-corrected chi connectivity index (χ1v) is 10.2. The van der Waals surface area contributed by atoms with E-state index in [1.807, 2.05) is 32.2 Å². The average molecular weight is 424 g/mol. The van der Waals surface area contributed by atoms with Gasteiger partial charge in [0, 0.05) is 16.5 Å². The van der Waals surface area contributed by atoms with E-state index in [2.05, 4.69) is 9.97 Å². The molecule has 0 aliphatic rings. The zero-order chi connectivity index (χ0) is 21.4. The average Bonchev–Trinajstić information content (AvgIpc) is 3.05. The fraction of sp³-hybridized carbons (Fsp3) is 0.429. The van der Waals surface area contributed by atoms with E-state index < -0.39 is 17.3 Å². The minimum absolute atomic E-state index is 0.0192. The number of ether oxygens (including phenoxy) is 1. The monoisotopic (exact) mass is 423 g/mol. The summed E-state index contributed by atoms with van der Waals surface area (Å²) < 4.78 is 46.8. The highest BCUT2D eigenvalue weighted by atomic mass is 32.1. The molecule has 4 nitrogen and oxygen atoms in total. The van der Waals surface area contributed by atoms with Crippen LogP contribution in [0, 0.1) is 12.8 Å². The zero-order valence-electron chi connectivity index (χ0n) is 16.8. The summed E-state index contributed by atoms with van der Waals surface area (Å²) in [5.74, 6) is 0.350. The Morgan fingerprint density at radius 2 is 1.90 bits per heavy atom. The maximum absolute atomic E-state index is 13.7. The Balaban J connectivity index is 1.95. The summed E-state index contributed by atoms with van der Waals surface area (Å²) in [4.78, 5) is 9.47. The lowest BCUT2D eigenvalue weighted by Crippen LogP contribution is -2.35. The highest BCUT2D eigenvalue weighted by molar-refractivity contribution is 7.16. The predicted octanol–water partition coefficient (Wildman–Crippen LogP) is 5.83. The van der Waals surface area contributed by atoms with Crippen LogP contribution in [0.15, 0.2) is 29.6 Å². The van der Waals surface area contributed by atoms with Crippen LogP contribution >= 0.6 is 11.3 Å². The number of halogens is 3. The SMILES string of the molecule is Cc1nc(-c2ccc(OC[C@@H](C)CC(C)(C)N)c(C(F)(F)F)c2)c2ccsc2n1. The number of rotatable bonds is 6. The summed E-state index contributed by atoms with van der Waals surface area (Å²) in [5.41, 5.74) is 5.65. The van der Waals surface area contributed by atoms with E-state index in [1.165, 1.54) is 17.4 Å². The molecule has 0 aliphatic carbocycles. The van der Waals surface area contributed by atoms with Gasteiger partial charge in [0.1, 0.15) is 16.4 Å². The Bertz CT molecular complexity index is 1010. The molecule has 0 spiro atoms. The zero-order valence-corrected chi connectivity index (χ0v) is 17.6. The van der Waals surface area contributed by atoms with Gasteiger partial charge in [-0.05, 0) is 62.8 Å². The number of alkyl halides is 3. The molecule has 0 amide bonds. The lowest BCUT2D eigenvalue weighted by atomic mass is 9.93. The molecule has 3 aromatic rings. The number of hydrogen-bond acceptors (Lipinski definition) is 5. The first-order valence-electron chi connectivity index (χ1n) is 9.29. The van der Waals surface area contributed by atoms with Crippen molar-refractivity contribution < 1.29 is 17.9 Å². The van der Waals surface area contributed by atoms with Crippen LogP contribution in [-0.2, 0) is 6.18 Å². The summed E-state index contributed by atoms with van der Waals surface area (Å²) in [6, 6.07) is 5.91. The highest BCUT2D eigenvalue weighted by Gasteiger charge is 2.35. The number of thiophene rings is 1. The molecule has 0 bridgehead atoms. The molecule has 0 fully saturated rings. The maximum Gasteiger partial charge on any atom is 0.419 e. The number of nitrogens with zero attached hydrogens (tertiary/aromatic N) is 2. The van der Waals surface area contributed by atoms with E-state index in [9.17, 15) is 13.2 Å². The predicted molar refractivity (Wildman–Crippen MR) is 110 cm³/mol. The summed E-state index contributed by atoms with van der Waals surface area (Å²) in [7, 11) is 0. The molecule has 156 valence electrons. The lowest BCUT2D eigenvalue weighted by Gasteiger charge is -2.24. The van der Waals surface area contributed by atoms with Gasteiger partial charge in [-0.15, -0.1) is 11.3 Å². The first kappa shape index (κ1) is 21.5. The van der Waals surface area contributed by atoms with Crippen molar-refractivity contribution in [1.29, 1.82) is 0 Å². The Morgan fingerprint density at radius 3 is 2.55 bits per heavy atom. The normalized spacial score (nSPS) is 13.7. The second kappa shape index (κ2) is 7.91. The molecule has 3 rings (SSSR count). The third kappa shape index (κ3) is 5.25. The highest BCUT2D eigenvalue weighted by Crippen LogP contribution is 2.40. The molecule has 1 atom stereocenters.